The summed E-state index contributed by atoms with van der Waals surface area (Å²) in [5.74, 6) is -0.0947. The summed E-state index contributed by atoms with van der Waals surface area (Å²) in [6.45, 7) is 6.30. The fourth-order valence-corrected chi connectivity index (χ4v) is 0.843. The maximum absolute atomic E-state index is 11.1. The second kappa shape index (κ2) is 7.76. The molecule has 0 aromatic rings. The second-order valence-corrected chi connectivity index (χ2v) is 2.77. The summed E-state index contributed by atoms with van der Waals surface area (Å²) in [7, 11) is 0. The minimum absolute atomic E-state index is 0.0102. The van der Waals surface area contributed by atoms with Crippen molar-refractivity contribution in [1.82, 2.24) is 10.6 Å². The highest BCUT2D eigenvalue weighted by molar-refractivity contribution is 5.78. The van der Waals surface area contributed by atoms with Crippen LogP contribution in [-0.2, 0) is 4.79 Å². The fourth-order valence-electron chi connectivity index (χ4n) is 0.843. The number of carbonyl (C=O) groups excluding carboxylic acids is 1. The number of hydrogen-bond donors (Lipinski definition) is 3. The van der Waals surface area contributed by atoms with Crippen molar-refractivity contribution in [2.75, 3.05) is 19.7 Å². The molecule has 3 N–H and O–H groups in total. The minimum Gasteiger partial charge on any atom is -0.394 e. The number of amides is 1. The molecular formula is C9H18N2O2. The van der Waals surface area contributed by atoms with Gasteiger partial charge >= 0.3 is 0 Å². The molecule has 4 heteroatoms. The molecule has 0 fully saturated rings. The Kier molecular flexibility index (Phi) is 7.24. The Morgan fingerprint density at radius 2 is 2.38 bits per heavy atom. The largest absolute Gasteiger partial charge is 0.394 e. The Morgan fingerprint density at radius 1 is 1.69 bits per heavy atom. The minimum atomic E-state index is -0.127. The van der Waals surface area contributed by atoms with E-state index in [1.807, 2.05) is 6.92 Å². The maximum Gasteiger partial charge on any atom is 0.234 e. The second-order valence-electron chi connectivity index (χ2n) is 2.77. The summed E-state index contributed by atoms with van der Waals surface area (Å²) in [6.07, 6.45) is 2.43. The third-order valence-electron chi connectivity index (χ3n) is 1.65. The van der Waals surface area contributed by atoms with E-state index in [1.54, 1.807) is 6.08 Å². The van der Waals surface area contributed by atoms with E-state index in [0.29, 0.717) is 6.54 Å². The van der Waals surface area contributed by atoms with Gasteiger partial charge in [0.15, 0.2) is 0 Å². The van der Waals surface area contributed by atoms with Crippen LogP contribution in [-0.4, -0.2) is 36.8 Å². The Hall–Kier alpha value is -0.870. The van der Waals surface area contributed by atoms with Crippen molar-refractivity contribution in [3.8, 4) is 0 Å². The maximum atomic E-state index is 11.1. The van der Waals surface area contributed by atoms with Crippen LogP contribution in [0, 0.1) is 0 Å². The lowest BCUT2D eigenvalue weighted by Crippen LogP contribution is -2.41. The number of nitrogens with one attached hydrogen (secondary N) is 2. The van der Waals surface area contributed by atoms with Crippen LogP contribution in [0.25, 0.3) is 0 Å². The molecular weight excluding hydrogens is 168 g/mol. The van der Waals surface area contributed by atoms with Gasteiger partial charge in [-0.15, -0.1) is 6.58 Å². The van der Waals surface area contributed by atoms with Crippen LogP contribution in [0.4, 0.5) is 0 Å². The van der Waals surface area contributed by atoms with Gasteiger partial charge in [-0.1, -0.05) is 13.0 Å². The van der Waals surface area contributed by atoms with Crippen molar-refractivity contribution in [1.29, 1.82) is 0 Å². The van der Waals surface area contributed by atoms with Crippen molar-refractivity contribution in [3.63, 3.8) is 0 Å². The van der Waals surface area contributed by atoms with Gasteiger partial charge in [-0.3, -0.25) is 4.79 Å². The lowest BCUT2D eigenvalue weighted by molar-refractivity contribution is -0.121. The molecule has 0 spiro atoms. The van der Waals surface area contributed by atoms with E-state index in [1.165, 1.54) is 0 Å². The van der Waals surface area contributed by atoms with Gasteiger partial charge in [0, 0.05) is 6.54 Å². The molecule has 0 saturated heterocycles. The molecule has 0 unspecified atom stereocenters. The molecule has 0 rings (SSSR count). The molecule has 76 valence electrons. The summed E-state index contributed by atoms with van der Waals surface area (Å²) in [6, 6.07) is -0.127. The predicted molar refractivity (Wildman–Crippen MR) is 52.4 cm³/mol. The van der Waals surface area contributed by atoms with Gasteiger partial charge in [0.25, 0.3) is 0 Å². The van der Waals surface area contributed by atoms with Crippen molar-refractivity contribution in [2.45, 2.75) is 19.4 Å². The Bertz CT molecular complexity index is 156. The molecule has 0 aromatic carbocycles. The number of rotatable bonds is 7. The van der Waals surface area contributed by atoms with Gasteiger partial charge in [-0.05, 0) is 6.42 Å². The molecule has 0 saturated carbocycles. The first kappa shape index (κ1) is 12.1. The molecule has 1 atom stereocenters. The van der Waals surface area contributed by atoms with E-state index >= 15 is 0 Å². The Morgan fingerprint density at radius 3 is 2.85 bits per heavy atom. The first-order valence-corrected chi connectivity index (χ1v) is 4.46. The summed E-state index contributed by atoms with van der Waals surface area (Å²) < 4.78 is 0. The van der Waals surface area contributed by atoms with Crippen molar-refractivity contribution in [3.05, 3.63) is 12.7 Å². The third kappa shape index (κ3) is 6.31. The van der Waals surface area contributed by atoms with Crippen LogP contribution in [0.3, 0.4) is 0 Å². The summed E-state index contributed by atoms with van der Waals surface area (Å²) >= 11 is 0. The molecule has 4 nitrogen and oxygen atoms in total. The lowest BCUT2D eigenvalue weighted by atomic mass is 10.2. The molecule has 0 aliphatic carbocycles. The highest BCUT2D eigenvalue weighted by Crippen LogP contribution is 1.87. The van der Waals surface area contributed by atoms with Crippen LogP contribution >= 0.6 is 0 Å². The zero-order valence-electron chi connectivity index (χ0n) is 8.05. The van der Waals surface area contributed by atoms with Crippen molar-refractivity contribution < 1.29 is 9.90 Å². The average Bonchev–Trinajstić information content (AvgIpc) is 2.14. The zero-order chi connectivity index (χ0) is 10.1. The quantitative estimate of drug-likeness (QED) is 0.376. The smallest absolute Gasteiger partial charge is 0.234 e. The van der Waals surface area contributed by atoms with Gasteiger partial charge in [0.2, 0.25) is 5.91 Å². The standard InChI is InChI=1S/C9H18N2O2/c1-3-5-10-6-9(13)11-8(4-2)7-12/h3,8,10,12H,1,4-7H2,2H3,(H,11,13)/t8-/m0/s1. The van der Waals surface area contributed by atoms with E-state index in [4.69, 9.17) is 5.11 Å². The zero-order valence-corrected chi connectivity index (χ0v) is 8.05. The van der Waals surface area contributed by atoms with Crippen molar-refractivity contribution >= 4 is 5.91 Å². The highest BCUT2D eigenvalue weighted by Gasteiger charge is 2.07. The number of carbonyl (C=O) groups is 1. The van der Waals surface area contributed by atoms with Crippen LogP contribution < -0.4 is 10.6 Å². The van der Waals surface area contributed by atoms with Gasteiger partial charge < -0.3 is 15.7 Å². The molecule has 0 heterocycles. The summed E-state index contributed by atoms with van der Waals surface area (Å²) in [5.41, 5.74) is 0. The van der Waals surface area contributed by atoms with E-state index in [0.717, 1.165) is 6.42 Å². The first-order valence-electron chi connectivity index (χ1n) is 4.46. The molecule has 13 heavy (non-hydrogen) atoms. The molecule has 0 aliphatic heterocycles. The monoisotopic (exact) mass is 186 g/mol. The van der Waals surface area contributed by atoms with E-state index in [2.05, 4.69) is 17.2 Å². The van der Waals surface area contributed by atoms with E-state index < -0.39 is 0 Å². The van der Waals surface area contributed by atoms with Gasteiger partial charge in [0.05, 0.1) is 19.2 Å². The van der Waals surface area contributed by atoms with Crippen LogP contribution in [0.5, 0.6) is 0 Å². The summed E-state index contributed by atoms with van der Waals surface area (Å²) in [4.78, 5) is 11.1. The fraction of sp³-hybridized carbons (Fsp3) is 0.667. The van der Waals surface area contributed by atoms with Crippen LogP contribution in [0.2, 0.25) is 0 Å². The van der Waals surface area contributed by atoms with E-state index in [9.17, 15) is 4.79 Å². The molecule has 0 aromatic heterocycles. The predicted octanol–water partition coefficient (Wildman–Crippen LogP) is -0.351. The van der Waals surface area contributed by atoms with Crippen LogP contribution in [0.1, 0.15) is 13.3 Å². The van der Waals surface area contributed by atoms with Gasteiger partial charge in [0.1, 0.15) is 0 Å². The molecule has 1 amide bonds. The third-order valence-corrected chi connectivity index (χ3v) is 1.65. The van der Waals surface area contributed by atoms with Crippen LogP contribution in [0.15, 0.2) is 12.7 Å². The molecule has 0 aliphatic rings. The normalized spacial score (nSPS) is 12.2. The van der Waals surface area contributed by atoms with E-state index in [-0.39, 0.29) is 25.1 Å². The first-order chi connectivity index (χ1) is 6.24. The SMILES string of the molecule is C=CCNCC(=O)N[C@@H](CC)CO. The van der Waals surface area contributed by atoms with Gasteiger partial charge in [-0.2, -0.15) is 0 Å². The number of hydrogen-bond acceptors (Lipinski definition) is 3. The highest BCUT2D eigenvalue weighted by atomic mass is 16.3. The number of aliphatic hydroxyl groups is 1. The van der Waals surface area contributed by atoms with Crippen molar-refractivity contribution in [2.24, 2.45) is 0 Å². The molecule has 0 radical (unpaired) electrons. The topological polar surface area (TPSA) is 61.4 Å². The summed E-state index contributed by atoms with van der Waals surface area (Å²) in [5, 5.41) is 14.4. The lowest BCUT2D eigenvalue weighted by Gasteiger charge is -2.13. The Labute approximate surface area is 79.0 Å². The van der Waals surface area contributed by atoms with Gasteiger partial charge in [-0.25, -0.2) is 0 Å². The Balaban J connectivity index is 3.53. The average molecular weight is 186 g/mol. The number of aliphatic hydroxyl groups excluding tert-OH is 1. The molecule has 0 bridgehead atoms.